The van der Waals surface area contributed by atoms with Crippen LogP contribution in [0.15, 0.2) is 195 Å². The Morgan fingerprint density at radius 2 is 0.986 bits per heavy atom. The molecule has 3 aliphatic rings. The van der Waals surface area contributed by atoms with Gasteiger partial charge < -0.3 is 52.1 Å². The van der Waals surface area contributed by atoms with Crippen LogP contribution in [0.2, 0.25) is 0 Å². The molecule has 0 radical (unpaired) electrons. The van der Waals surface area contributed by atoms with Crippen molar-refractivity contribution in [1.82, 2.24) is 0 Å². The average Bonchev–Trinajstić information content (AvgIpc) is 3.41. The summed E-state index contributed by atoms with van der Waals surface area (Å²) >= 11 is 0. The van der Waals surface area contributed by atoms with Crippen LogP contribution in [-0.4, -0.2) is 87.2 Å². The van der Waals surface area contributed by atoms with Crippen molar-refractivity contribution in [2.45, 2.75) is 94.1 Å². The topological polar surface area (TPSA) is 119 Å². The van der Waals surface area contributed by atoms with Gasteiger partial charge in [0.2, 0.25) is 0 Å². The third kappa shape index (κ3) is 12.9. The highest BCUT2D eigenvalue weighted by Crippen LogP contribution is 2.40. The van der Waals surface area contributed by atoms with E-state index in [0.29, 0.717) is 5.56 Å². The number of hydrogen-bond acceptors (Lipinski definition) is 12. The molecule has 12 heteroatoms. The highest BCUT2D eigenvalue weighted by atomic mass is 16.8. The third-order valence-electron chi connectivity index (χ3n) is 12.1. The highest BCUT2D eigenvalue weighted by molar-refractivity contribution is 5.89. The molecule has 358 valence electrons. The summed E-state index contributed by atoms with van der Waals surface area (Å²) < 4.78 is 74.4. The molecule has 3 fully saturated rings. The fourth-order valence-corrected chi connectivity index (χ4v) is 8.68. The van der Waals surface area contributed by atoms with Crippen molar-refractivity contribution in [3.05, 3.63) is 228 Å². The van der Waals surface area contributed by atoms with Crippen LogP contribution in [0, 0.1) is 0 Å². The van der Waals surface area contributed by atoms with E-state index in [1.807, 2.05) is 158 Å². The maximum Gasteiger partial charge on any atom is 0.338 e. The molecule has 0 unspecified atom stereocenters. The van der Waals surface area contributed by atoms with Crippen molar-refractivity contribution in [1.29, 1.82) is 0 Å². The van der Waals surface area contributed by atoms with Crippen LogP contribution in [0.3, 0.4) is 0 Å². The van der Waals surface area contributed by atoms with Crippen LogP contribution < -0.4 is 0 Å². The Morgan fingerprint density at radius 1 is 0.507 bits per heavy atom. The number of rotatable bonds is 21. The first kappa shape index (κ1) is 48.2. The molecule has 0 spiro atoms. The van der Waals surface area contributed by atoms with E-state index in [1.165, 1.54) is 0 Å². The van der Waals surface area contributed by atoms with E-state index in [9.17, 15) is 4.79 Å². The van der Waals surface area contributed by atoms with Gasteiger partial charge in [-0.05, 0) is 34.4 Å². The number of esters is 1. The number of benzene rings is 6. The molecule has 3 aliphatic heterocycles. The summed E-state index contributed by atoms with van der Waals surface area (Å²) in [5.74, 6) is -0.522. The monoisotopic (exact) mass is 934 g/mol. The van der Waals surface area contributed by atoms with Crippen LogP contribution in [0.4, 0.5) is 0 Å². The predicted octanol–water partition coefficient (Wildman–Crippen LogP) is 9.34. The predicted molar refractivity (Wildman–Crippen MR) is 255 cm³/mol. The molecule has 9 rings (SSSR count). The zero-order valence-corrected chi connectivity index (χ0v) is 38.3. The quantitative estimate of drug-likeness (QED) is 0.0506. The Morgan fingerprint density at radius 3 is 1.52 bits per heavy atom. The Hall–Kier alpha value is -5.87. The van der Waals surface area contributed by atoms with E-state index in [0.717, 1.165) is 27.8 Å². The van der Waals surface area contributed by atoms with Crippen molar-refractivity contribution in [2.75, 3.05) is 19.8 Å². The number of ether oxygens (including phenoxy) is 11. The zero-order valence-electron chi connectivity index (χ0n) is 38.3. The normalized spacial score (nSPS) is 26.6. The first-order valence-corrected chi connectivity index (χ1v) is 23.4. The molecule has 0 aliphatic carbocycles. The molecule has 12 nitrogen and oxygen atoms in total. The van der Waals surface area contributed by atoms with Crippen molar-refractivity contribution in [3.63, 3.8) is 0 Å². The summed E-state index contributed by atoms with van der Waals surface area (Å²) in [6.45, 7) is 4.84. The van der Waals surface area contributed by atoms with Crippen LogP contribution in [0.5, 0.6) is 0 Å². The lowest BCUT2D eigenvalue weighted by atomic mass is 9.95. The smallest absolute Gasteiger partial charge is 0.338 e. The maximum absolute atomic E-state index is 13.6. The lowest BCUT2D eigenvalue weighted by Gasteiger charge is -2.51. The molecular weight excluding hydrogens is 877 g/mol. The van der Waals surface area contributed by atoms with Crippen LogP contribution >= 0.6 is 0 Å². The number of carbonyl (C=O) groups excluding carboxylic acids is 1. The molecule has 0 amide bonds. The van der Waals surface area contributed by atoms with Gasteiger partial charge in [0.15, 0.2) is 18.9 Å². The minimum absolute atomic E-state index is 0.136. The second kappa shape index (κ2) is 24.6. The van der Waals surface area contributed by atoms with Crippen LogP contribution in [0.1, 0.15) is 44.5 Å². The van der Waals surface area contributed by atoms with Gasteiger partial charge in [-0.2, -0.15) is 0 Å². The molecule has 0 bridgehead atoms. The molecule has 69 heavy (non-hydrogen) atoms. The van der Waals surface area contributed by atoms with Gasteiger partial charge in [0, 0.05) is 5.56 Å². The molecular formula is C57H58O12. The third-order valence-corrected chi connectivity index (χ3v) is 12.1. The SMILES string of the molecule is C=CCO[C@H]1O[C@@H]2CO[C@@H](c3ccccc3)O[C@@H]2[C@H](OCc2ccccc2)[C@H]1O[C@H]1O[C@H](COC(=O)c2ccccc2)[C@H](OCc2ccccc2)[C@H](OCc2ccccc2)[C@H]1OCc1ccccc1. The largest absolute Gasteiger partial charge is 0.459 e. The highest BCUT2D eigenvalue weighted by Gasteiger charge is 2.56. The van der Waals surface area contributed by atoms with Crippen LogP contribution in [-0.2, 0) is 78.5 Å². The van der Waals surface area contributed by atoms with E-state index in [4.69, 9.17) is 52.1 Å². The molecule has 6 aromatic rings. The Bertz CT molecular complexity index is 2430. The van der Waals surface area contributed by atoms with Gasteiger partial charge in [0.1, 0.15) is 55.4 Å². The molecule has 0 aromatic heterocycles. The van der Waals surface area contributed by atoms with Crippen molar-refractivity contribution in [3.8, 4) is 0 Å². The second-order valence-corrected chi connectivity index (χ2v) is 17.0. The van der Waals surface area contributed by atoms with E-state index in [-0.39, 0.29) is 46.2 Å². The fraction of sp³-hybridized carbons (Fsp3) is 0.316. The summed E-state index contributed by atoms with van der Waals surface area (Å²) in [5, 5.41) is 0. The zero-order chi connectivity index (χ0) is 47.0. The Labute approximate surface area is 403 Å². The molecule has 6 aromatic carbocycles. The molecule has 3 heterocycles. The summed E-state index contributed by atoms with van der Waals surface area (Å²) in [7, 11) is 0. The van der Waals surface area contributed by atoms with E-state index in [1.54, 1.807) is 30.3 Å². The number of hydrogen-bond donors (Lipinski definition) is 0. The second-order valence-electron chi connectivity index (χ2n) is 17.0. The minimum Gasteiger partial charge on any atom is -0.459 e. The van der Waals surface area contributed by atoms with Gasteiger partial charge >= 0.3 is 5.97 Å². The summed E-state index contributed by atoms with van der Waals surface area (Å²) in [6, 6.07) is 58.0. The first-order chi connectivity index (χ1) is 34.1. The molecule has 3 saturated heterocycles. The van der Waals surface area contributed by atoms with E-state index < -0.39 is 73.7 Å². The Balaban J connectivity index is 1.11. The standard InChI is InChI=1S/C57H58O12/c1-2-33-59-56-53(51(62-36-42-25-13-5-14-26-42)49-47(66-56)39-65-55(68-49)45-31-19-8-20-32-45)69-57-52(63-37-43-27-15-6-16-28-43)50(61-35-41-23-11-4-12-24-41)48(60-34-40-21-9-3-10-22-40)46(67-57)38-64-54(58)44-29-17-7-18-30-44/h2-32,46-53,55-57H,1,33-39H2/t46-,47-,48+,49+,50+,51+,52-,53-,55-,56+,57-/m1/s1. The van der Waals surface area contributed by atoms with E-state index in [2.05, 4.69) is 6.58 Å². The average molecular weight is 935 g/mol. The Kier molecular flexibility index (Phi) is 17.2. The van der Waals surface area contributed by atoms with Gasteiger partial charge in [0.25, 0.3) is 0 Å². The van der Waals surface area contributed by atoms with Crippen molar-refractivity contribution < 1.29 is 56.9 Å². The molecule has 0 N–H and O–H groups in total. The lowest BCUT2D eigenvalue weighted by molar-refractivity contribution is -0.401. The summed E-state index contributed by atoms with van der Waals surface area (Å²) in [4.78, 5) is 13.6. The summed E-state index contributed by atoms with van der Waals surface area (Å²) in [5.41, 5.74) is 4.96. The summed E-state index contributed by atoms with van der Waals surface area (Å²) in [6.07, 6.45) is -7.96. The first-order valence-electron chi connectivity index (χ1n) is 23.4. The maximum atomic E-state index is 13.6. The van der Waals surface area contributed by atoms with Gasteiger partial charge in [-0.15, -0.1) is 6.58 Å². The van der Waals surface area contributed by atoms with Gasteiger partial charge in [-0.1, -0.05) is 176 Å². The van der Waals surface area contributed by atoms with Crippen molar-refractivity contribution >= 4 is 5.97 Å². The number of fused-ring (bicyclic) bond motifs is 1. The van der Waals surface area contributed by atoms with Gasteiger partial charge in [-0.3, -0.25) is 0 Å². The minimum atomic E-state index is -1.21. The fourth-order valence-electron chi connectivity index (χ4n) is 8.68. The van der Waals surface area contributed by atoms with Crippen LogP contribution in [0.25, 0.3) is 0 Å². The number of carbonyl (C=O) groups is 1. The van der Waals surface area contributed by atoms with Crippen molar-refractivity contribution in [2.24, 2.45) is 0 Å². The molecule has 11 atom stereocenters. The van der Waals surface area contributed by atoms with Gasteiger partial charge in [-0.25, -0.2) is 4.79 Å². The molecule has 0 saturated carbocycles. The van der Waals surface area contributed by atoms with Gasteiger partial charge in [0.05, 0.1) is 45.2 Å². The lowest BCUT2D eigenvalue weighted by Crippen LogP contribution is -2.67. The van der Waals surface area contributed by atoms with E-state index >= 15 is 0 Å².